The van der Waals surface area contributed by atoms with Crippen molar-refractivity contribution in [3.63, 3.8) is 0 Å². The zero-order valence-electron chi connectivity index (χ0n) is 7.00. The monoisotopic (exact) mass is 288 g/mol. The minimum Gasteiger partial charge on any atom is -0.425 e. The summed E-state index contributed by atoms with van der Waals surface area (Å²) in [5, 5.41) is 0. The molecule has 3 heteroatoms. The molecule has 1 saturated carbocycles. The van der Waals surface area contributed by atoms with E-state index in [9.17, 15) is 4.79 Å². The number of hydrogen-bond acceptors (Lipinski definition) is 2. The third-order valence-corrected chi connectivity index (χ3v) is 2.85. The molecule has 13 heavy (non-hydrogen) atoms. The maximum atomic E-state index is 11.3. The van der Waals surface area contributed by atoms with Gasteiger partial charge in [-0.3, -0.25) is 4.79 Å². The molecule has 0 atom stereocenters. The normalized spacial score (nSPS) is 15.5. The van der Waals surface area contributed by atoms with Gasteiger partial charge >= 0.3 is 5.97 Å². The van der Waals surface area contributed by atoms with E-state index in [1.54, 1.807) is 0 Å². The highest BCUT2D eigenvalue weighted by Gasteiger charge is 2.31. The lowest BCUT2D eigenvalue weighted by molar-refractivity contribution is -0.135. The van der Waals surface area contributed by atoms with Gasteiger partial charge in [0.05, 0.1) is 9.49 Å². The van der Waals surface area contributed by atoms with E-state index < -0.39 is 0 Å². The molecule has 0 aliphatic heterocycles. The molecule has 0 unspecified atom stereocenters. The highest BCUT2D eigenvalue weighted by Crippen LogP contribution is 2.31. The van der Waals surface area contributed by atoms with Gasteiger partial charge < -0.3 is 4.74 Å². The number of carbonyl (C=O) groups excluding carboxylic acids is 1. The van der Waals surface area contributed by atoms with E-state index in [-0.39, 0.29) is 11.9 Å². The predicted octanol–water partition coefficient (Wildman–Crippen LogP) is 2.61. The number of benzene rings is 1. The van der Waals surface area contributed by atoms with Crippen LogP contribution in [0.25, 0.3) is 0 Å². The van der Waals surface area contributed by atoms with Crippen LogP contribution < -0.4 is 4.74 Å². The Bertz CT molecular complexity index is 331. The summed E-state index contributed by atoms with van der Waals surface area (Å²) in [5.41, 5.74) is 0. The quantitative estimate of drug-likeness (QED) is 0.475. The van der Waals surface area contributed by atoms with Crippen molar-refractivity contribution in [1.82, 2.24) is 0 Å². The Balaban J connectivity index is 2.08. The van der Waals surface area contributed by atoms with Crippen molar-refractivity contribution >= 4 is 28.6 Å². The van der Waals surface area contributed by atoms with E-state index in [2.05, 4.69) is 22.6 Å². The molecule has 0 spiro atoms. The van der Waals surface area contributed by atoms with Gasteiger partial charge in [-0.05, 0) is 47.6 Å². The van der Waals surface area contributed by atoms with Crippen molar-refractivity contribution < 1.29 is 9.53 Å². The van der Waals surface area contributed by atoms with Gasteiger partial charge in [-0.1, -0.05) is 12.1 Å². The molecule has 0 N–H and O–H groups in total. The Morgan fingerprint density at radius 2 is 2.08 bits per heavy atom. The van der Waals surface area contributed by atoms with E-state index in [1.807, 2.05) is 24.3 Å². The number of ether oxygens (including phenoxy) is 1. The van der Waals surface area contributed by atoms with Crippen molar-refractivity contribution in [1.29, 1.82) is 0 Å². The van der Waals surface area contributed by atoms with E-state index in [0.717, 1.165) is 16.4 Å². The first-order valence-corrected chi connectivity index (χ1v) is 5.31. The molecule has 0 bridgehead atoms. The van der Waals surface area contributed by atoms with Gasteiger partial charge in [0.2, 0.25) is 0 Å². The lowest BCUT2D eigenvalue weighted by Crippen LogP contribution is -2.10. The van der Waals surface area contributed by atoms with Crippen molar-refractivity contribution in [2.45, 2.75) is 12.8 Å². The molecule has 1 aliphatic rings. The third-order valence-electron chi connectivity index (χ3n) is 1.96. The average molecular weight is 288 g/mol. The number of rotatable bonds is 2. The van der Waals surface area contributed by atoms with Crippen molar-refractivity contribution in [3.05, 3.63) is 27.8 Å². The SMILES string of the molecule is O=C(Oc1ccccc1I)C1CC1. The summed E-state index contributed by atoms with van der Waals surface area (Å²) in [4.78, 5) is 11.3. The summed E-state index contributed by atoms with van der Waals surface area (Å²) >= 11 is 2.16. The van der Waals surface area contributed by atoms with Crippen LogP contribution in [0, 0.1) is 9.49 Å². The van der Waals surface area contributed by atoms with Crippen LogP contribution in [0.1, 0.15) is 12.8 Å². The maximum absolute atomic E-state index is 11.3. The average Bonchev–Trinajstić information content (AvgIpc) is 2.91. The lowest BCUT2D eigenvalue weighted by Gasteiger charge is -2.04. The number of esters is 1. The molecule has 1 aliphatic carbocycles. The van der Waals surface area contributed by atoms with Crippen molar-refractivity contribution in [3.8, 4) is 5.75 Å². The zero-order valence-corrected chi connectivity index (χ0v) is 9.15. The minimum absolute atomic E-state index is 0.0795. The fourth-order valence-electron chi connectivity index (χ4n) is 1.04. The Labute approximate surface area is 90.4 Å². The van der Waals surface area contributed by atoms with Crippen LogP contribution in [0.5, 0.6) is 5.75 Å². The number of halogens is 1. The van der Waals surface area contributed by atoms with Crippen molar-refractivity contribution in [2.75, 3.05) is 0 Å². The summed E-state index contributed by atoms with van der Waals surface area (Å²) in [6.07, 6.45) is 1.98. The molecule has 0 amide bonds. The smallest absolute Gasteiger partial charge is 0.314 e. The Morgan fingerprint density at radius 3 is 2.69 bits per heavy atom. The molecule has 1 aromatic carbocycles. The molecule has 1 fully saturated rings. The fourth-order valence-corrected chi connectivity index (χ4v) is 1.54. The first-order valence-electron chi connectivity index (χ1n) is 4.23. The van der Waals surface area contributed by atoms with Gasteiger partial charge in [0.25, 0.3) is 0 Å². The molecule has 1 aromatic rings. The first kappa shape index (κ1) is 8.99. The Hall–Kier alpha value is -0.580. The van der Waals surface area contributed by atoms with E-state index in [4.69, 9.17) is 4.74 Å². The topological polar surface area (TPSA) is 26.3 Å². The van der Waals surface area contributed by atoms with Crippen LogP contribution in [-0.4, -0.2) is 5.97 Å². The standard InChI is InChI=1S/C10H9IO2/c11-8-3-1-2-4-9(8)13-10(12)7-5-6-7/h1-4,7H,5-6H2. The van der Waals surface area contributed by atoms with Gasteiger partial charge in [0, 0.05) is 0 Å². The van der Waals surface area contributed by atoms with Gasteiger partial charge in [-0.15, -0.1) is 0 Å². The Kier molecular flexibility index (Phi) is 2.53. The molecule has 0 aromatic heterocycles. The van der Waals surface area contributed by atoms with Crippen LogP contribution in [0.4, 0.5) is 0 Å². The maximum Gasteiger partial charge on any atom is 0.314 e. The lowest BCUT2D eigenvalue weighted by atomic mass is 10.3. The van der Waals surface area contributed by atoms with E-state index >= 15 is 0 Å². The summed E-state index contributed by atoms with van der Waals surface area (Å²) in [5.74, 6) is 0.764. The minimum atomic E-state index is -0.0795. The van der Waals surface area contributed by atoms with Gasteiger partial charge in [0.1, 0.15) is 5.75 Å². The van der Waals surface area contributed by atoms with Crippen LogP contribution in [0.3, 0.4) is 0 Å². The molecular weight excluding hydrogens is 279 g/mol. The second-order valence-electron chi connectivity index (χ2n) is 3.13. The predicted molar refractivity (Wildman–Crippen MR) is 57.5 cm³/mol. The number of hydrogen-bond donors (Lipinski definition) is 0. The highest BCUT2D eigenvalue weighted by molar-refractivity contribution is 14.1. The number of carbonyl (C=O) groups is 1. The van der Waals surface area contributed by atoms with Gasteiger partial charge in [-0.2, -0.15) is 0 Å². The molecule has 0 saturated heterocycles. The molecular formula is C10H9IO2. The molecule has 68 valence electrons. The zero-order chi connectivity index (χ0) is 9.26. The van der Waals surface area contributed by atoms with Crippen LogP contribution in [0.2, 0.25) is 0 Å². The van der Waals surface area contributed by atoms with E-state index in [1.165, 1.54) is 0 Å². The second kappa shape index (κ2) is 3.65. The molecule has 2 rings (SSSR count). The Morgan fingerprint density at radius 1 is 1.38 bits per heavy atom. The van der Waals surface area contributed by atoms with Crippen LogP contribution >= 0.6 is 22.6 Å². The van der Waals surface area contributed by atoms with Crippen LogP contribution in [0.15, 0.2) is 24.3 Å². The summed E-state index contributed by atoms with van der Waals surface area (Å²) in [7, 11) is 0. The summed E-state index contributed by atoms with van der Waals surface area (Å²) < 4.78 is 6.20. The van der Waals surface area contributed by atoms with E-state index in [0.29, 0.717) is 5.75 Å². The first-order chi connectivity index (χ1) is 6.27. The number of para-hydroxylation sites is 1. The summed E-state index contributed by atoms with van der Waals surface area (Å²) in [6.45, 7) is 0. The third kappa shape index (κ3) is 2.21. The highest BCUT2D eigenvalue weighted by atomic mass is 127. The molecule has 0 heterocycles. The largest absolute Gasteiger partial charge is 0.425 e. The fraction of sp³-hybridized carbons (Fsp3) is 0.300. The van der Waals surface area contributed by atoms with Crippen LogP contribution in [-0.2, 0) is 4.79 Å². The molecule has 2 nitrogen and oxygen atoms in total. The second-order valence-corrected chi connectivity index (χ2v) is 4.29. The van der Waals surface area contributed by atoms with Gasteiger partial charge in [-0.25, -0.2) is 0 Å². The molecule has 0 radical (unpaired) electrons. The van der Waals surface area contributed by atoms with Crippen molar-refractivity contribution in [2.24, 2.45) is 5.92 Å². The van der Waals surface area contributed by atoms with Gasteiger partial charge in [0.15, 0.2) is 0 Å². The summed E-state index contributed by atoms with van der Waals surface area (Å²) in [6, 6.07) is 7.55.